The highest BCUT2D eigenvalue weighted by Gasteiger charge is 2.31. The standard InChI is InChI=1S/C27H28F3N7O2/c1-39-14-13-36-11-2-3-19(16-36)25-35-22(23-24(31)33-10-12-37(23)25)17-4-6-18(7-5-17)26(38)34-21-15-20(8-9-32-21)27(28,29)30/h4-10,12,15,19H,2-3,11,13-14,16H2,1H3,(H2,31,33)(H,32,34,38). The van der Waals surface area contributed by atoms with Gasteiger partial charge in [0.05, 0.1) is 12.2 Å². The van der Waals surface area contributed by atoms with Gasteiger partial charge in [-0.05, 0) is 43.7 Å². The number of nitrogens with two attached hydrogens (primary N) is 1. The van der Waals surface area contributed by atoms with Gasteiger partial charge in [0.15, 0.2) is 0 Å². The lowest BCUT2D eigenvalue weighted by Crippen LogP contribution is -2.37. The third kappa shape index (κ3) is 5.71. The minimum atomic E-state index is -4.53. The van der Waals surface area contributed by atoms with Crippen molar-refractivity contribution in [3.8, 4) is 11.3 Å². The molecule has 1 fully saturated rings. The van der Waals surface area contributed by atoms with Crippen molar-refractivity contribution >= 4 is 23.1 Å². The van der Waals surface area contributed by atoms with Crippen LogP contribution in [0.2, 0.25) is 0 Å². The molecule has 1 unspecified atom stereocenters. The molecule has 1 atom stereocenters. The summed E-state index contributed by atoms with van der Waals surface area (Å²) in [6, 6.07) is 8.28. The summed E-state index contributed by atoms with van der Waals surface area (Å²) >= 11 is 0. The van der Waals surface area contributed by atoms with Gasteiger partial charge in [-0.15, -0.1) is 0 Å². The van der Waals surface area contributed by atoms with Crippen molar-refractivity contribution in [3.05, 3.63) is 71.9 Å². The zero-order valence-corrected chi connectivity index (χ0v) is 21.3. The van der Waals surface area contributed by atoms with Gasteiger partial charge in [-0.25, -0.2) is 15.0 Å². The van der Waals surface area contributed by atoms with E-state index >= 15 is 0 Å². The Balaban J connectivity index is 1.40. The van der Waals surface area contributed by atoms with E-state index in [0.29, 0.717) is 23.6 Å². The largest absolute Gasteiger partial charge is 0.416 e. The molecule has 0 aliphatic carbocycles. The molecule has 204 valence electrons. The van der Waals surface area contributed by atoms with E-state index < -0.39 is 17.6 Å². The summed E-state index contributed by atoms with van der Waals surface area (Å²) in [6.07, 6.45) is 2.02. The quantitative estimate of drug-likeness (QED) is 0.357. The molecule has 1 aliphatic rings. The average Bonchev–Trinajstić information content (AvgIpc) is 3.33. The van der Waals surface area contributed by atoms with Crippen LogP contribution in [-0.2, 0) is 10.9 Å². The molecule has 1 amide bonds. The van der Waals surface area contributed by atoms with Crippen molar-refractivity contribution in [3.63, 3.8) is 0 Å². The van der Waals surface area contributed by atoms with Crippen molar-refractivity contribution in [2.24, 2.45) is 0 Å². The number of alkyl halides is 3. The van der Waals surface area contributed by atoms with E-state index in [-0.39, 0.29) is 17.3 Å². The van der Waals surface area contributed by atoms with E-state index in [1.165, 1.54) is 0 Å². The van der Waals surface area contributed by atoms with Gasteiger partial charge in [-0.1, -0.05) is 12.1 Å². The number of carbonyl (C=O) groups excluding carboxylic acids is 1. The first-order valence-corrected chi connectivity index (χ1v) is 12.5. The number of nitrogen functional groups attached to an aromatic ring is 1. The molecule has 1 aliphatic heterocycles. The van der Waals surface area contributed by atoms with E-state index in [1.807, 2.05) is 10.6 Å². The predicted molar refractivity (Wildman–Crippen MR) is 140 cm³/mol. The molecule has 9 nitrogen and oxygen atoms in total. The minimum absolute atomic E-state index is 0.186. The Kier molecular flexibility index (Phi) is 7.49. The van der Waals surface area contributed by atoms with Gasteiger partial charge in [-0.3, -0.25) is 9.20 Å². The van der Waals surface area contributed by atoms with Gasteiger partial charge >= 0.3 is 6.18 Å². The fraction of sp³-hybridized carbons (Fsp3) is 0.333. The van der Waals surface area contributed by atoms with Gasteiger partial charge in [0.25, 0.3) is 5.91 Å². The van der Waals surface area contributed by atoms with Crippen molar-refractivity contribution < 1.29 is 22.7 Å². The van der Waals surface area contributed by atoms with Crippen LogP contribution in [0.3, 0.4) is 0 Å². The molecule has 0 saturated carbocycles. The van der Waals surface area contributed by atoms with Gasteiger partial charge in [0, 0.05) is 55.8 Å². The smallest absolute Gasteiger partial charge is 0.383 e. The molecule has 12 heteroatoms. The highest BCUT2D eigenvalue weighted by Crippen LogP contribution is 2.34. The Labute approximate surface area is 222 Å². The first-order valence-electron chi connectivity index (χ1n) is 12.5. The molecular formula is C27H28F3N7O2. The van der Waals surface area contributed by atoms with Crippen LogP contribution in [0.1, 0.15) is 40.5 Å². The van der Waals surface area contributed by atoms with E-state index in [0.717, 1.165) is 62.2 Å². The highest BCUT2D eigenvalue weighted by molar-refractivity contribution is 6.04. The predicted octanol–water partition coefficient (Wildman–Crippen LogP) is 4.47. The minimum Gasteiger partial charge on any atom is -0.383 e. The number of nitrogens with zero attached hydrogens (tertiary/aromatic N) is 5. The number of pyridine rings is 1. The summed E-state index contributed by atoms with van der Waals surface area (Å²) < 4.78 is 46.2. The average molecular weight is 540 g/mol. The van der Waals surface area contributed by atoms with Crippen molar-refractivity contribution in [1.29, 1.82) is 0 Å². The maximum absolute atomic E-state index is 13.0. The number of carbonyl (C=O) groups is 1. The number of amides is 1. The molecule has 4 aromatic rings. The van der Waals surface area contributed by atoms with Crippen LogP contribution in [0, 0.1) is 0 Å². The number of likely N-dealkylation sites (tertiary alicyclic amines) is 1. The van der Waals surface area contributed by atoms with Crippen LogP contribution < -0.4 is 11.1 Å². The molecule has 3 N–H and O–H groups in total. The zero-order valence-electron chi connectivity index (χ0n) is 21.3. The number of hydrogen-bond acceptors (Lipinski definition) is 7. The van der Waals surface area contributed by atoms with E-state index in [4.69, 9.17) is 15.5 Å². The topological polar surface area (TPSA) is 111 Å². The maximum Gasteiger partial charge on any atom is 0.416 e. The van der Waals surface area contributed by atoms with Crippen LogP contribution in [0.5, 0.6) is 0 Å². The zero-order chi connectivity index (χ0) is 27.6. The number of aromatic nitrogens is 4. The molecule has 0 radical (unpaired) electrons. The normalized spacial score (nSPS) is 16.5. The molecule has 5 rings (SSSR count). The van der Waals surface area contributed by atoms with Crippen molar-refractivity contribution in [2.45, 2.75) is 24.9 Å². The number of anilines is 2. The van der Waals surface area contributed by atoms with Crippen LogP contribution in [-0.4, -0.2) is 63.5 Å². The van der Waals surface area contributed by atoms with E-state index in [9.17, 15) is 18.0 Å². The second-order valence-corrected chi connectivity index (χ2v) is 9.44. The number of benzene rings is 1. The molecule has 1 saturated heterocycles. The Morgan fingerprint density at radius 3 is 2.72 bits per heavy atom. The Hall–Kier alpha value is -4.03. The summed E-state index contributed by atoms with van der Waals surface area (Å²) in [5, 5.41) is 2.42. The van der Waals surface area contributed by atoms with Gasteiger partial charge < -0.3 is 20.7 Å². The number of fused-ring (bicyclic) bond motifs is 1. The number of piperidine rings is 1. The second-order valence-electron chi connectivity index (χ2n) is 9.44. The number of hydrogen-bond donors (Lipinski definition) is 2. The summed E-state index contributed by atoms with van der Waals surface area (Å²) in [4.78, 5) is 28.2. The monoisotopic (exact) mass is 539 g/mol. The Morgan fingerprint density at radius 2 is 1.97 bits per heavy atom. The van der Waals surface area contributed by atoms with Crippen LogP contribution in [0.4, 0.5) is 24.8 Å². The number of imidazole rings is 1. The summed E-state index contributed by atoms with van der Waals surface area (Å²) in [7, 11) is 1.70. The molecule has 1 aromatic carbocycles. The number of nitrogens with one attached hydrogen (secondary N) is 1. The van der Waals surface area contributed by atoms with Crippen LogP contribution in [0.15, 0.2) is 55.0 Å². The number of ether oxygens (including phenoxy) is 1. The highest BCUT2D eigenvalue weighted by atomic mass is 19.4. The Bertz CT molecular complexity index is 1470. The van der Waals surface area contributed by atoms with Crippen LogP contribution in [0.25, 0.3) is 16.8 Å². The molecule has 3 aromatic heterocycles. The third-order valence-corrected chi connectivity index (χ3v) is 6.84. The second kappa shape index (κ2) is 11.0. The lowest BCUT2D eigenvalue weighted by Gasteiger charge is -2.31. The molecule has 4 heterocycles. The molecular weight excluding hydrogens is 511 g/mol. The number of halogens is 3. The van der Waals surface area contributed by atoms with E-state index in [1.54, 1.807) is 37.6 Å². The lowest BCUT2D eigenvalue weighted by molar-refractivity contribution is -0.137. The SMILES string of the molecule is COCCN1CCCC(c2nc(-c3ccc(C(=O)Nc4cc(C(F)(F)F)ccn4)cc3)c3c(N)nccn23)C1. The number of methoxy groups -OCH3 is 1. The Morgan fingerprint density at radius 1 is 1.18 bits per heavy atom. The van der Waals surface area contributed by atoms with Crippen molar-refractivity contribution in [1.82, 2.24) is 24.3 Å². The lowest BCUT2D eigenvalue weighted by atomic mass is 9.97. The number of rotatable bonds is 7. The summed E-state index contributed by atoms with van der Waals surface area (Å²) in [6.45, 7) is 3.39. The van der Waals surface area contributed by atoms with E-state index in [2.05, 4.69) is 20.2 Å². The molecule has 39 heavy (non-hydrogen) atoms. The van der Waals surface area contributed by atoms with Gasteiger partial charge in [0.2, 0.25) is 0 Å². The first kappa shape index (κ1) is 26.6. The third-order valence-electron chi connectivity index (χ3n) is 6.84. The molecule has 0 bridgehead atoms. The fourth-order valence-corrected chi connectivity index (χ4v) is 4.91. The van der Waals surface area contributed by atoms with Crippen LogP contribution >= 0.6 is 0 Å². The van der Waals surface area contributed by atoms with Gasteiger partial charge in [-0.2, -0.15) is 13.2 Å². The fourth-order valence-electron chi connectivity index (χ4n) is 4.91. The van der Waals surface area contributed by atoms with Gasteiger partial charge in [0.1, 0.15) is 28.7 Å². The molecule has 0 spiro atoms. The summed E-state index contributed by atoms with van der Waals surface area (Å²) in [5.41, 5.74) is 7.72. The maximum atomic E-state index is 13.0. The summed E-state index contributed by atoms with van der Waals surface area (Å²) in [5.74, 6) is 0.672. The first-order chi connectivity index (χ1) is 18.7. The van der Waals surface area contributed by atoms with Crippen molar-refractivity contribution in [2.75, 3.05) is 44.4 Å².